The summed E-state index contributed by atoms with van der Waals surface area (Å²) in [4.78, 5) is 23.3. The fourth-order valence-electron chi connectivity index (χ4n) is 1.43. The summed E-state index contributed by atoms with van der Waals surface area (Å²) < 4.78 is 9.81. The van der Waals surface area contributed by atoms with Crippen molar-refractivity contribution in [1.82, 2.24) is 5.32 Å². The molecule has 0 saturated carbocycles. The number of carbonyl (C=O) groups excluding carboxylic acids is 2. The zero-order chi connectivity index (χ0) is 14.5. The molecule has 1 aromatic heterocycles. The van der Waals surface area contributed by atoms with Gasteiger partial charge in [-0.1, -0.05) is 0 Å². The maximum Gasteiger partial charge on any atom is 0.408 e. The molecule has 0 aliphatic carbocycles. The van der Waals surface area contributed by atoms with E-state index in [1.807, 2.05) is 16.8 Å². The lowest BCUT2D eigenvalue weighted by molar-refractivity contribution is -0.143. The molecule has 0 fully saturated rings. The second kappa shape index (κ2) is 6.56. The van der Waals surface area contributed by atoms with Gasteiger partial charge in [0, 0.05) is 6.42 Å². The van der Waals surface area contributed by atoms with Gasteiger partial charge in [0.05, 0.1) is 7.11 Å². The van der Waals surface area contributed by atoms with E-state index in [2.05, 4.69) is 10.1 Å². The Hall–Kier alpha value is -1.56. The highest BCUT2D eigenvalue weighted by molar-refractivity contribution is 7.07. The largest absolute Gasteiger partial charge is 0.467 e. The summed E-state index contributed by atoms with van der Waals surface area (Å²) in [6, 6.07) is 1.16. The third-order valence-electron chi connectivity index (χ3n) is 2.20. The molecule has 1 N–H and O–H groups in total. The summed E-state index contributed by atoms with van der Waals surface area (Å²) in [6.07, 6.45) is -0.242. The van der Waals surface area contributed by atoms with Gasteiger partial charge in [-0.2, -0.15) is 11.3 Å². The molecular formula is C13H19NO4S. The molecule has 1 aromatic rings. The van der Waals surface area contributed by atoms with Crippen LogP contribution in [-0.2, 0) is 20.7 Å². The second-order valence-electron chi connectivity index (χ2n) is 5.06. The normalized spacial score (nSPS) is 12.6. The number of alkyl carbamates (subject to hydrolysis) is 1. The van der Waals surface area contributed by atoms with E-state index in [1.165, 1.54) is 18.4 Å². The first-order valence-electron chi connectivity index (χ1n) is 5.90. The molecule has 0 saturated heterocycles. The fraction of sp³-hybridized carbons (Fsp3) is 0.538. The van der Waals surface area contributed by atoms with Crippen LogP contribution in [0, 0.1) is 0 Å². The molecule has 19 heavy (non-hydrogen) atoms. The Morgan fingerprint density at radius 3 is 2.58 bits per heavy atom. The van der Waals surface area contributed by atoms with Crippen molar-refractivity contribution in [2.24, 2.45) is 0 Å². The van der Waals surface area contributed by atoms with Gasteiger partial charge in [-0.15, -0.1) is 0 Å². The Balaban J connectivity index is 2.65. The third kappa shape index (κ3) is 5.74. The van der Waals surface area contributed by atoms with Gasteiger partial charge >= 0.3 is 12.1 Å². The van der Waals surface area contributed by atoms with Crippen LogP contribution in [0.25, 0.3) is 0 Å². The Morgan fingerprint density at radius 2 is 2.11 bits per heavy atom. The molecule has 0 aliphatic rings. The van der Waals surface area contributed by atoms with Crippen LogP contribution in [0.5, 0.6) is 0 Å². The Bertz CT molecular complexity index is 422. The van der Waals surface area contributed by atoms with Gasteiger partial charge in [0.25, 0.3) is 0 Å². The van der Waals surface area contributed by atoms with E-state index in [1.54, 1.807) is 20.8 Å². The average molecular weight is 285 g/mol. The summed E-state index contributed by atoms with van der Waals surface area (Å²) in [5.74, 6) is -0.489. The summed E-state index contributed by atoms with van der Waals surface area (Å²) in [6.45, 7) is 5.29. The first-order chi connectivity index (χ1) is 8.81. The summed E-state index contributed by atoms with van der Waals surface area (Å²) in [7, 11) is 1.29. The summed E-state index contributed by atoms with van der Waals surface area (Å²) in [5, 5.41) is 6.37. The zero-order valence-corrected chi connectivity index (χ0v) is 12.4. The topological polar surface area (TPSA) is 64.6 Å². The summed E-state index contributed by atoms with van der Waals surface area (Å²) >= 11 is 1.53. The fourth-order valence-corrected chi connectivity index (χ4v) is 2.11. The van der Waals surface area contributed by atoms with Crippen molar-refractivity contribution in [2.45, 2.75) is 38.8 Å². The van der Waals surface area contributed by atoms with Gasteiger partial charge < -0.3 is 14.8 Å². The maximum absolute atomic E-state index is 11.7. The lowest BCUT2D eigenvalue weighted by atomic mass is 10.1. The van der Waals surface area contributed by atoms with Crippen molar-refractivity contribution in [3.63, 3.8) is 0 Å². The molecule has 0 bridgehead atoms. The van der Waals surface area contributed by atoms with E-state index in [9.17, 15) is 9.59 Å². The molecular weight excluding hydrogens is 266 g/mol. The highest BCUT2D eigenvalue weighted by Crippen LogP contribution is 2.11. The van der Waals surface area contributed by atoms with E-state index in [4.69, 9.17) is 4.74 Å². The predicted octanol–water partition coefficient (Wildman–Crippen LogP) is 2.36. The minimum atomic E-state index is -0.741. The second-order valence-corrected chi connectivity index (χ2v) is 5.84. The molecule has 1 heterocycles. The highest BCUT2D eigenvalue weighted by Gasteiger charge is 2.25. The van der Waals surface area contributed by atoms with Crippen LogP contribution < -0.4 is 5.32 Å². The Kier molecular flexibility index (Phi) is 5.35. The van der Waals surface area contributed by atoms with Crippen molar-refractivity contribution in [1.29, 1.82) is 0 Å². The lowest BCUT2D eigenvalue weighted by Crippen LogP contribution is -2.45. The van der Waals surface area contributed by atoms with Crippen LogP contribution in [0.2, 0.25) is 0 Å². The molecule has 0 spiro atoms. The summed E-state index contributed by atoms with van der Waals surface area (Å²) in [5.41, 5.74) is 0.365. The van der Waals surface area contributed by atoms with Crippen LogP contribution in [0.1, 0.15) is 26.3 Å². The van der Waals surface area contributed by atoms with Gasteiger partial charge in [-0.25, -0.2) is 9.59 Å². The van der Waals surface area contributed by atoms with Crippen LogP contribution >= 0.6 is 11.3 Å². The minimum absolute atomic E-state index is 0.384. The Labute approximate surface area is 116 Å². The van der Waals surface area contributed by atoms with Crippen molar-refractivity contribution < 1.29 is 19.1 Å². The Morgan fingerprint density at radius 1 is 1.42 bits per heavy atom. The van der Waals surface area contributed by atoms with Crippen LogP contribution in [0.3, 0.4) is 0 Å². The smallest absolute Gasteiger partial charge is 0.408 e. The molecule has 1 rings (SSSR count). The molecule has 1 amide bonds. The molecule has 0 radical (unpaired) electrons. The van der Waals surface area contributed by atoms with E-state index < -0.39 is 23.7 Å². The molecule has 0 unspecified atom stereocenters. The maximum atomic E-state index is 11.7. The number of ether oxygens (including phenoxy) is 2. The van der Waals surface area contributed by atoms with Crippen molar-refractivity contribution in [3.05, 3.63) is 22.4 Å². The van der Waals surface area contributed by atoms with E-state index >= 15 is 0 Å². The quantitative estimate of drug-likeness (QED) is 0.863. The first-order valence-corrected chi connectivity index (χ1v) is 6.84. The molecule has 0 aromatic carbocycles. The minimum Gasteiger partial charge on any atom is -0.467 e. The standard InChI is InChI=1S/C13H19NO4S/c1-13(2,3)18-12(16)14-10(11(15)17-4)7-9-5-6-19-8-9/h5-6,8,10H,7H2,1-4H3,(H,14,16)/t10-/m1/s1. The number of methoxy groups -OCH3 is 1. The molecule has 0 aliphatic heterocycles. The first kappa shape index (κ1) is 15.5. The average Bonchev–Trinajstić information content (AvgIpc) is 2.77. The van der Waals surface area contributed by atoms with Crippen LogP contribution in [0.15, 0.2) is 16.8 Å². The van der Waals surface area contributed by atoms with Crippen LogP contribution in [-0.4, -0.2) is 30.8 Å². The van der Waals surface area contributed by atoms with Gasteiger partial charge in [-0.05, 0) is 43.2 Å². The van der Waals surface area contributed by atoms with Gasteiger partial charge in [0.15, 0.2) is 0 Å². The van der Waals surface area contributed by atoms with Crippen LogP contribution in [0.4, 0.5) is 4.79 Å². The van der Waals surface area contributed by atoms with Crippen molar-refractivity contribution >= 4 is 23.4 Å². The number of hydrogen-bond donors (Lipinski definition) is 1. The van der Waals surface area contributed by atoms with E-state index in [-0.39, 0.29) is 0 Å². The van der Waals surface area contributed by atoms with Gasteiger partial charge in [0.2, 0.25) is 0 Å². The highest BCUT2D eigenvalue weighted by atomic mass is 32.1. The van der Waals surface area contributed by atoms with Gasteiger partial charge in [-0.3, -0.25) is 0 Å². The number of esters is 1. The predicted molar refractivity (Wildman–Crippen MR) is 73.2 cm³/mol. The molecule has 106 valence electrons. The zero-order valence-electron chi connectivity index (χ0n) is 11.6. The number of rotatable bonds is 4. The monoisotopic (exact) mass is 285 g/mol. The van der Waals surface area contributed by atoms with E-state index in [0.29, 0.717) is 6.42 Å². The number of nitrogens with one attached hydrogen (secondary N) is 1. The number of thiophene rings is 1. The third-order valence-corrected chi connectivity index (χ3v) is 2.93. The number of hydrogen-bond acceptors (Lipinski definition) is 5. The number of amides is 1. The van der Waals surface area contributed by atoms with Gasteiger partial charge in [0.1, 0.15) is 11.6 Å². The SMILES string of the molecule is COC(=O)[C@@H](Cc1ccsc1)NC(=O)OC(C)(C)C. The molecule has 5 nitrogen and oxygen atoms in total. The molecule has 1 atom stereocenters. The lowest BCUT2D eigenvalue weighted by Gasteiger charge is -2.22. The van der Waals surface area contributed by atoms with Crippen molar-refractivity contribution in [3.8, 4) is 0 Å². The van der Waals surface area contributed by atoms with Crippen molar-refractivity contribution in [2.75, 3.05) is 7.11 Å². The number of carbonyl (C=O) groups is 2. The molecule has 6 heteroatoms. The van der Waals surface area contributed by atoms with E-state index in [0.717, 1.165) is 5.56 Å².